The largest absolute Gasteiger partial charge is 0.500 e. The number of nitrogens with one attached hydrogen (secondary N) is 1. The van der Waals surface area contributed by atoms with E-state index in [9.17, 15) is 14.5 Å². The van der Waals surface area contributed by atoms with E-state index in [0.717, 1.165) is 12.1 Å². The molecule has 0 radical (unpaired) electrons. The zero-order valence-electron chi connectivity index (χ0n) is 9.16. The molecule has 0 unspecified atom stereocenters. The highest BCUT2D eigenvalue weighted by Crippen LogP contribution is 2.29. The molecule has 0 aliphatic carbocycles. The number of aromatic hydroxyl groups is 1. The summed E-state index contributed by atoms with van der Waals surface area (Å²) in [5, 5.41) is 22.5. The third kappa shape index (κ3) is 3.43. The van der Waals surface area contributed by atoms with Crippen LogP contribution in [-0.4, -0.2) is 23.6 Å². The van der Waals surface area contributed by atoms with E-state index in [1.807, 2.05) is 0 Å². The molecule has 90 valence electrons. The molecule has 0 bridgehead atoms. The van der Waals surface area contributed by atoms with Gasteiger partial charge in [-0.25, -0.2) is 4.39 Å². The fourth-order valence-corrected chi connectivity index (χ4v) is 1.15. The number of nitrogens with zero attached hydrogens (tertiary/aromatic N) is 1. The van der Waals surface area contributed by atoms with Crippen molar-refractivity contribution in [2.75, 3.05) is 13.6 Å². The van der Waals surface area contributed by atoms with E-state index in [1.165, 1.54) is 0 Å². The molecule has 0 saturated carbocycles. The molecule has 0 spiro atoms. The summed E-state index contributed by atoms with van der Waals surface area (Å²) in [7, 11) is 1.77. The minimum atomic E-state index is -1.04. The van der Waals surface area contributed by atoms with Gasteiger partial charge in [0.15, 0.2) is 5.82 Å². The second-order valence-corrected chi connectivity index (χ2v) is 3.24. The first kappa shape index (κ1) is 12.9. The quantitative estimate of drug-likeness (QED) is 0.361. The van der Waals surface area contributed by atoms with Gasteiger partial charge < -0.3 is 10.4 Å². The van der Waals surface area contributed by atoms with Gasteiger partial charge in [0, 0.05) is 24.6 Å². The lowest BCUT2D eigenvalue weighted by atomic mass is 10.2. The second kappa shape index (κ2) is 5.82. The van der Waals surface area contributed by atoms with Crippen molar-refractivity contribution in [2.24, 2.45) is 0 Å². The highest BCUT2D eigenvalue weighted by atomic mass is 19.1. The van der Waals surface area contributed by atoms with Crippen LogP contribution in [-0.2, 0) is 0 Å². The van der Waals surface area contributed by atoms with Gasteiger partial charge in [-0.1, -0.05) is 11.8 Å². The molecule has 1 aromatic rings. The first-order valence-electron chi connectivity index (χ1n) is 4.86. The van der Waals surface area contributed by atoms with Gasteiger partial charge in [-0.3, -0.25) is 10.1 Å². The van der Waals surface area contributed by atoms with Crippen LogP contribution in [0, 0.1) is 27.8 Å². The van der Waals surface area contributed by atoms with E-state index in [2.05, 4.69) is 17.2 Å². The Labute approximate surface area is 97.4 Å². The molecular weight excluding hydrogens is 227 g/mol. The lowest BCUT2D eigenvalue weighted by molar-refractivity contribution is -0.386. The second-order valence-electron chi connectivity index (χ2n) is 3.24. The number of nitro groups is 1. The molecule has 0 saturated heterocycles. The molecule has 1 rings (SSSR count). The van der Waals surface area contributed by atoms with Crippen molar-refractivity contribution in [3.05, 3.63) is 33.6 Å². The molecule has 2 N–H and O–H groups in total. The van der Waals surface area contributed by atoms with E-state index in [-0.39, 0.29) is 5.56 Å². The van der Waals surface area contributed by atoms with Gasteiger partial charge in [0.25, 0.3) is 0 Å². The molecule has 0 amide bonds. The molecule has 0 aliphatic rings. The summed E-state index contributed by atoms with van der Waals surface area (Å²) in [6.45, 7) is 0.676. The van der Waals surface area contributed by atoms with Gasteiger partial charge in [0.2, 0.25) is 5.75 Å². The number of benzene rings is 1. The average molecular weight is 238 g/mol. The topological polar surface area (TPSA) is 75.4 Å². The predicted molar refractivity (Wildman–Crippen MR) is 60.1 cm³/mol. The summed E-state index contributed by atoms with van der Waals surface area (Å²) >= 11 is 0. The molecule has 0 fully saturated rings. The van der Waals surface area contributed by atoms with Gasteiger partial charge in [-0.2, -0.15) is 0 Å². The van der Waals surface area contributed by atoms with E-state index in [4.69, 9.17) is 5.11 Å². The Hall–Kier alpha value is -2.13. The Morgan fingerprint density at radius 1 is 1.59 bits per heavy atom. The van der Waals surface area contributed by atoms with Crippen molar-refractivity contribution in [3.8, 4) is 17.6 Å². The first-order chi connectivity index (χ1) is 8.06. The van der Waals surface area contributed by atoms with E-state index < -0.39 is 22.2 Å². The van der Waals surface area contributed by atoms with E-state index in [1.54, 1.807) is 7.05 Å². The molecule has 6 heteroatoms. The van der Waals surface area contributed by atoms with E-state index >= 15 is 0 Å². The Bertz CT molecular complexity index is 491. The molecule has 0 aromatic heterocycles. The molecule has 1 aromatic carbocycles. The van der Waals surface area contributed by atoms with Crippen LogP contribution in [0.2, 0.25) is 0 Å². The minimum Gasteiger partial charge on any atom is -0.500 e. The highest BCUT2D eigenvalue weighted by molar-refractivity contribution is 5.52. The van der Waals surface area contributed by atoms with Crippen molar-refractivity contribution in [2.45, 2.75) is 6.42 Å². The normalized spacial score (nSPS) is 9.53. The van der Waals surface area contributed by atoms with Gasteiger partial charge in [-0.15, -0.1) is 0 Å². The van der Waals surface area contributed by atoms with Crippen LogP contribution >= 0.6 is 0 Å². The monoisotopic (exact) mass is 238 g/mol. The summed E-state index contributed by atoms with van der Waals surface area (Å²) in [6.07, 6.45) is 0.548. The number of phenols is 1. The van der Waals surface area contributed by atoms with Crippen LogP contribution in [0.15, 0.2) is 12.1 Å². The Morgan fingerprint density at radius 3 is 2.88 bits per heavy atom. The van der Waals surface area contributed by atoms with Crippen molar-refractivity contribution >= 4 is 5.69 Å². The van der Waals surface area contributed by atoms with E-state index in [0.29, 0.717) is 13.0 Å². The van der Waals surface area contributed by atoms with Crippen LogP contribution in [0.5, 0.6) is 5.75 Å². The summed E-state index contributed by atoms with van der Waals surface area (Å²) < 4.78 is 13.1. The number of hydrogen-bond acceptors (Lipinski definition) is 4. The van der Waals surface area contributed by atoms with Crippen molar-refractivity contribution in [1.29, 1.82) is 0 Å². The Kier molecular flexibility index (Phi) is 4.43. The zero-order chi connectivity index (χ0) is 12.8. The third-order valence-electron chi connectivity index (χ3n) is 1.97. The SMILES string of the molecule is CNCCC#Cc1cc(F)c(O)c([N+](=O)[O-])c1. The number of phenolic OH excluding ortho intramolecular Hbond substituents is 1. The molecule has 0 atom stereocenters. The van der Waals surface area contributed by atoms with Crippen LogP contribution < -0.4 is 5.32 Å². The summed E-state index contributed by atoms with van der Waals surface area (Å²) in [4.78, 5) is 9.67. The van der Waals surface area contributed by atoms with Crippen LogP contribution in [0.3, 0.4) is 0 Å². The zero-order valence-corrected chi connectivity index (χ0v) is 9.16. The molecule has 5 nitrogen and oxygen atoms in total. The lowest BCUT2D eigenvalue weighted by Gasteiger charge is -1.98. The maximum Gasteiger partial charge on any atom is 0.315 e. The standard InChI is InChI=1S/C11H11FN2O3/c1-13-5-3-2-4-8-6-9(12)11(15)10(7-8)14(16)17/h6-7,13,15H,3,5H2,1H3. The minimum absolute atomic E-state index is 0.170. The summed E-state index contributed by atoms with van der Waals surface area (Å²) in [6, 6.07) is 2.01. The summed E-state index contributed by atoms with van der Waals surface area (Å²) in [5.74, 6) is 3.32. The van der Waals surface area contributed by atoms with Gasteiger partial charge >= 0.3 is 5.69 Å². The number of hydrogen-bond donors (Lipinski definition) is 2. The fourth-order valence-electron chi connectivity index (χ4n) is 1.15. The lowest BCUT2D eigenvalue weighted by Crippen LogP contribution is -2.05. The first-order valence-corrected chi connectivity index (χ1v) is 4.86. The number of rotatable bonds is 3. The van der Waals surface area contributed by atoms with Crippen molar-refractivity contribution in [1.82, 2.24) is 5.32 Å². The van der Waals surface area contributed by atoms with Gasteiger partial charge in [0.1, 0.15) is 0 Å². The molecule has 0 aliphatic heterocycles. The van der Waals surface area contributed by atoms with Crippen molar-refractivity contribution < 1.29 is 14.4 Å². The Morgan fingerprint density at radius 2 is 2.29 bits per heavy atom. The summed E-state index contributed by atoms with van der Waals surface area (Å²) in [5.41, 5.74) is -0.508. The van der Waals surface area contributed by atoms with Crippen molar-refractivity contribution in [3.63, 3.8) is 0 Å². The molecule has 0 heterocycles. The fraction of sp³-hybridized carbons (Fsp3) is 0.273. The van der Waals surface area contributed by atoms with Crippen LogP contribution in [0.25, 0.3) is 0 Å². The smallest absolute Gasteiger partial charge is 0.315 e. The molecular formula is C11H11FN2O3. The predicted octanol–water partition coefficient (Wildman–Crippen LogP) is 1.40. The van der Waals surface area contributed by atoms with Gasteiger partial charge in [-0.05, 0) is 13.1 Å². The maximum atomic E-state index is 13.1. The van der Waals surface area contributed by atoms with Crippen LogP contribution in [0.1, 0.15) is 12.0 Å². The molecule has 17 heavy (non-hydrogen) atoms. The average Bonchev–Trinajstić information content (AvgIpc) is 2.28. The number of halogens is 1. The van der Waals surface area contributed by atoms with Gasteiger partial charge in [0.05, 0.1) is 4.92 Å². The maximum absolute atomic E-state index is 13.1. The number of nitro benzene ring substituents is 1. The highest BCUT2D eigenvalue weighted by Gasteiger charge is 2.18. The van der Waals surface area contributed by atoms with Crippen LogP contribution in [0.4, 0.5) is 10.1 Å². The Balaban J connectivity index is 3.01. The third-order valence-corrected chi connectivity index (χ3v) is 1.97.